The second-order valence-electron chi connectivity index (χ2n) is 7.40. The second-order valence-corrected chi connectivity index (χ2v) is 7.83. The van der Waals surface area contributed by atoms with Crippen LogP contribution in [0.4, 0.5) is 0 Å². The molecule has 4 rings (SSSR count). The van der Waals surface area contributed by atoms with Gasteiger partial charge in [-0.2, -0.15) is 0 Å². The fourth-order valence-corrected chi connectivity index (χ4v) is 4.06. The molecule has 0 radical (unpaired) electrons. The summed E-state index contributed by atoms with van der Waals surface area (Å²) >= 11 is 6.08. The summed E-state index contributed by atoms with van der Waals surface area (Å²) < 4.78 is 5.87. The highest BCUT2D eigenvalue weighted by atomic mass is 35.5. The Kier molecular flexibility index (Phi) is 5.16. The van der Waals surface area contributed by atoms with Gasteiger partial charge in [0.25, 0.3) is 0 Å². The SMILES string of the molecule is O=C(C1CC1c1cccc(Cl)c1)N1CCC(COc2ccccc2)CC1. The summed E-state index contributed by atoms with van der Waals surface area (Å²) in [6.45, 7) is 2.43. The average molecular weight is 370 g/mol. The predicted octanol–water partition coefficient (Wildman–Crippen LogP) is 4.76. The minimum Gasteiger partial charge on any atom is -0.493 e. The zero-order valence-corrected chi connectivity index (χ0v) is 15.6. The average Bonchev–Trinajstić information content (AvgIpc) is 3.48. The van der Waals surface area contributed by atoms with Gasteiger partial charge in [0.05, 0.1) is 6.61 Å². The molecule has 2 unspecified atom stereocenters. The summed E-state index contributed by atoms with van der Waals surface area (Å²) in [6.07, 6.45) is 3.00. The van der Waals surface area contributed by atoms with Crippen LogP contribution in [0, 0.1) is 11.8 Å². The number of hydrogen-bond acceptors (Lipinski definition) is 2. The van der Waals surface area contributed by atoms with E-state index in [1.807, 2.05) is 53.4 Å². The van der Waals surface area contributed by atoms with Gasteiger partial charge in [-0.3, -0.25) is 4.79 Å². The Morgan fingerprint density at radius 1 is 1.08 bits per heavy atom. The molecule has 1 saturated carbocycles. The van der Waals surface area contributed by atoms with Gasteiger partial charge in [0.1, 0.15) is 5.75 Å². The number of likely N-dealkylation sites (tertiary alicyclic amines) is 1. The lowest BCUT2D eigenvalue weighted by Crippen LogP contribution is -2.40. The van der Waals surface area contributed by atoms with Crippen molar-refractivity contribution in [3.05, 3.63) is 65.2 Å². The van der Waals surface area contributed by atoms with Crippen LogP contribution in [0.25, 0.3) is 0 Å². The van der Waals surface area contributed by atoms with E-state index in [1.165, 1.54) is 5.56 Å². The molecular weight excluding hydrogens is 346 g/mol. The first-order valence-electron chi connectivity index (χ1n) is 9.43. The van der Waals surface area contributed by atoms with Crippen molar-refractivity contribution in [1.82, 2.24) is 4.90 Å². The maximum absolute atomic E-state index is 12.8. The third-order valence-electron chi connectivity index (χ3n) is 5.54. The number of ether oxygens (including phenoxy) is 1. The highest BCUT2D eigenvalue weighted by Crippen LogP contribution is 2.49. The number of rotatable bonds is 5. The van der Waals surface area contributed by atoms with Gasteiger partial charge in [0.15, 0.2) is 0 Å². The van der Waals surface area contributed by atoms with Crippen molar-refractivity contribution in [1.29, 1.82) is 0 Å². The summed E-state index contributed by atoms with van der Waals surface area (Å²) in [4.78, 5) is 14.8. The Morgan fingerprint density at radius 2 is 1.85 bits per heavy atom. The molecule has 2 fully saturated rings. The zero-order chi connectivity index (χ0) is 17.9. The number of para-hydroxylation sites is 1. The predicted molar refractivity (Wildman–Crippen MR) is 104 cm³/mol. The lowest BCUT2D eigenvalue weighted by atomic mass is 9.97. The normalized spacial score (nSPS) is 22.9. The van der Waals surface area contributed by atoms with Crippen molar-refractivity contribution in [2.75, 3.05) is 19.7 Å². The van der Waals surface area contributed by atoms with Crippen LogP contribution in [0.2, 0.25) is 5.02 Å². The minimum atomic E-state index is 0.144. The maximum Gasteiger partial charge on any atom is 0.226 e. The van der Waals surface area contributed by atoms with Crippen LogP contribution in [0.15, 0.2) is 54.6 Å². The number of benzene rings is 2. The summed E-state index contributed by atoms with van der Waals surface area (Å²) in [5.74, 6) is 2.26. The molecular formula is C22H24ClNO2. The van der Waals surface area contributed by atoms with E-state index in [2.05, 4.69) is 6.07 Å². The molecule has 1 aliphatic heterocycles. The molecule has 2 aliphatic rings. The molecule has 2 atom stereocenters. The highest BCUT2D eigenvalue weighted by molar-refractivity contribution is 6.30. The molecule has 136 valence electrons. The van der Waals surface area contributed by atoms with Gasteiger partial charge in [-0.05, 0) is 60.9 Å². The minimum absolute atomic E-state index is 0.144. The van der Waals surface area contributed by atoms with E-state index in [9.17, 15) is 4.79 Å². The van der Waals surface area contributed by atoms with E-state index >= 15 is 0 Å². The smallest absolute Gasteiger partial charge is 0.226 e. The summed E-state index contributed by atoms with van der Waals surface area (Å²) in [5.41, 5.74) is 1.20. The standard InChI is InChI=1S/C22H24ClNO2/c23-18-6-4-5-17(13-18)20-14-21(20)22(25)24-11-9-16(10-12-24)15-26-19-7-2-1-3-8-19/h1-8,13,16,20-21H,9-12,14-15H2. The molecule has 2 aromatic carbocycles. The van der Waals surface area contributed by atoms with Crippen LogP contribution < -0.4 is 4.74 Å². The van der Waals surface area contributed by atoms with E-state index in [-0.39, 0.29) is 5.92 Å². The third kappa shape index (κ3) is 4.04. The maximum atomic E-state index is 12.8. The fraction of sp³-hybridized carbons (Fsp3) is 0.409. The van der Waals surface area contributed by atoms with Crippen molar-refractivity contribution in [3.8, 4) is 5.75 Å². The Balaban J connectivity index is 1.24. The van der Waals surface area contributed by atoms with E-state index < -0.39 is 0 Å². The molecule has 1 amide bonds. The summed E-state index contributed by atoms with van der Waals surface area (Å²) in [7, 11) is 0. The quantitative estimate of drug-likeness (QED) is 0.760. The Hall–Kier alpha value is -2.00. The molecule has 4 heteroatoms. The van der Waals surface area contributed by atoms with Crippen LogP contribution in [-0.4, -0.2) is 30.5 Å². The lowest BCUT2D eigenvalue weighted by Gasteiger charge is -2.32. The summed E-state index contributed by atoms with van der Waals surface area (Å²) in [6, 6.07) is 17.9. The number of nitrogens with zero attached hydrogens (tertiary/aromatic N) is 1. The molecule has 0 bridgehead atoms. The molecule has 0 aromatic heterocycles. The molecule has 1 aliphatic carbocycles. The van der Waals surface area contributed by atoms with Crippen LogP contribution in [0.3, 0.4) is 0 Å². The topological polar surface area (TPSA) is 29.5 Å². The van der Waals surface area contributed by atoms with Crippen LogP contribution in [0.5, 0.6) is 5.75 Å². The van der Waals surface area contributed by atoms with Gasteiger partial charge in [0.2, 0.25) is 5.91 Å². The number of hydrogen-bond donors (Lipinski definition) is 0. The molecule has 0 spiro atoms. The van der Waals surface area contributed by atoms with Crippen molar-refractivity contribution in [2.45, 2.75) is 25.2 Å². The van der Waals surface area contributed by atoms with Crippen molar-refractivity contribution in [2.24, 2.45) is 11.8 Å². The molecule has 0 N–H and O–H groups in total. The first kappa shape index (κ1) is 17.4. The molecule has 2 aromatic rings. The Morgan fingerprint density at radius 3 is 2.58 bits per heavy atom. The van der Waals surface area contributed by atoms with Gasteiger partial charge >= 0.3 is 0 Å². The first-order chi connectivity index (χ1) is 12.7. The van der Waals surface area contributed by atoms with E-state index in [1.54, 1.807) is 0 Å². The Labute approximate surface area is 159 Å². The van der Waals surface area contributed by atoms with Gasteiger partial charge in [-0.25, -0.2) is 0 Å². The fourth-order valence-electron chi connectivity index (χ4n) is 3.86. The van der Waals surface area contributed by atoms with Gasteiger partial charge < -0.3 is 9.64 Å². The number of carbonyl (C=O) groups excluding carboxylic acids is 1. The molecule has 1 saturated heterocycles. The third-order valence-corrected chi connectivity index (χ3v) is 5.77. The lowest BCUT2D eigenvalue weighted by molar-refractivity contribution is -0.134. The van der Waals surface area contributed by atoms with Crippen LogP contribution >= 0.6 is 11.6 Å². The van der Waals surface area contributed by atoms with E-state index in [0.717, 1.165) is 49.7 Å². The van der Waals surface area contributed by atoms with Crippen LogP contribution in [0.1, 0.15) is 30.7 Å². The van der Waals surface area contributed by atoms with Crippen molar-refractivity contribution in [3.63, 3.8) is 0 Å². The molecule has 26 heavy (non-hydrogen) atoms. The summed E-state index contributed by atoms with van der Waals surface area (Å²) in [5, 5.41) is 0.750. The van der Waals surface area contributed by atoms with Crippen LogP contribution in [-0.2, 0) is 4.79 Å². The van der Waals surface area contributed by atoms with Crippen molar-refractivity contribution < 1.29 is 9.53 Å². The van der Waals surface area contributed by atoms with Gasteiger partial charge in [-0.15, -0.1) is 0 Å². The molecule has 1 heterocycles. The zero-order valence-electron chi connectivity index (χ0n) is 14.8. The Bertz CT molecular complexity index is 756. The highest BCUT2D eigenvalue weighted by Gasteiger charge is 2.46. The number of amides is 1. The monoisotopic (exact) mass is 369 g/mol. The number of piperidine rings is 1. The van der Waals surface area contributed by atoms with Crippen molar-refractivity contribution >= 4 is 17.5 Å². The first-order valence-corrected chi connectivity index (χ1v) is 9.80. The van der Waals surface area contributed by atoms with E-state index in [0.29, 0.717) is 17.7 Å². The number of carbonyl (C=O) groups is 1. The van der Waals surface area contributed by atoms with E-state index in [4.69, 9.17) is 16.3 Å². The molecule has 3 nitrogen and oxygen atoms in total. The largest absolute Gasteiger partial charge is 0.493 e. The second kappa shape index (κ2) is 7.71. The number of halogens is 1. The van der Waals surface area contributed by atoms with Gasteiger partial charge in [0, 0.05) is 24.0 Å². The van der Waals surface area contributed by atoms with Gasteiger partial charge in [-0.1, -0.05) is 41.9 Å².